The van der Waals surface area contributed by atoms with Gasteiger partial charge >= 0.3 is 0 Å². The highest BCUT2D eigenvalue weighted by molar-refractivity contribution is 5.49. The average molecular weight is 253 g/mol. The predicted molar refractivity (Wildman–Crippen MR) is 78.1 cm³/mol. The molecule has 0 unspecified atom stereocenters. The Labute approximate surface area is 114 Å². The molecule has 2 aromatic rings. The zero-order valence-corrected chi connectivity index (χ0v) is 11.9. The summed E-state index contributed by atoms with van der Waals surface area (Å²) >= 11 is 0. The summed E-state index contributed by atoms with van der Waals surface area (Å²) in [6, 6.07) is 10.6. The minimum Gasteiger partial charge on any atom is -0.381 e. The normalized spacial score (nSPS) is 10.3. The molecule has 0 spiro atoms. The van der Waals surface area contributed by atoms with Crippen LogP contribution < -0.4 is 5.32 Å². The minimum absolute atomic E-state index is 0.703. The van der Waals surface area contributed by atoms with Crippen molar-refractivity contribution in [1.29, 1.82) is 5.26 Å². The first kappa shape index (κ1) is 13.2. The molecule has 3 heteroatoms. The van der Waals surface area contributed by atoms with Crippen molar-refractivity contribution in [2.75, 3.05) is 5.32 Å². The molecule has 1 heterocycles. The molecule has 0 fully saturated rings. The van der Waals surface area contributed by atoms with Crippen LogP contribution in [0.15, 0.2) is 24.3 Å². The van der Waals surface area contributed by atoms with Crippen molar-refractivity contribution in [2.45, 2.75) is 27.3 Å². The number of hydrogen-bond acceptors (Lipinski definition) is 2. The van der Waals surface area contributed by atoms with Gasteiger partial charge in [0.2, 0.25) is 0 Å². The van der Waals surface area contributed by atoms with Crippen LogP contribution in [0.3, 0.4) is 0 Å². The monoisotopic (exact) mass is 253 g/mol. The molecule has 3 nitrogen and oxygen atoms in total. The Hall–Kier alpha value is -2.21. The number of hydrogen-bond donors (Lipinski definition) is 1. The Morgan fingerprint density at radius 1 is 1.11 bits per heavy atom. The number of anilines is 1. The van der Waals surface area contributed by atoms with Crippen LogP contribution in [0.4, 0.5) is 5.69 Å². The van der Waals surface area contributed by atoms with Gasteiger partial charge in [0.25, 0.3) is 0 Å². The third kappa shape index (κ3) is 2.79. The number of nitriles is 1. The van der Waals surface area contributed by atoms with Crippen LogP contribution in [0.25, 0.3) is 0 Å². The van der Waals surface area contributed by atoms with E-state index in [4.69, 9.17) is 5.26 Å². The maximum Gasteiger partial charge on any atom is 0.120 e. The van der Waals surface area contributed by atoms with E-state index in [2.05, 4.69) is 43.4 Å². The van der Waals surface area contributed by atoms with Gasteiger partial charge in [0, 0.05) is 25.0 Å². The maximum atomic E-state index is 9.02. The summed E-state index contributed by atoms with van der Waals surface area (Å²) in [4.78, 5) is 0. The Kier molecular flexibility index (Phi) is 3.62. The van der Waals surface area contributed by atoms with Crippen LogP contribution in [0, 0.1) is 32.1 Å². The van der Waals surface area contributed by atoms with Crippen molar-refractivity contribution < 1.29 is 0 Å². The topological polar surface area (TPSA) is 40.8 Å². The predicted octanol–water partition coefficient (Wildman–Crippen LogP) is 3.43. The summed E-state index contributed by atoms with van der Waals surface area (Å²) in [5.41, 5.74) is 6.63. The van der Waals surface area contributed by atoms with E-state index < -0.39 is 0 Å². The van der Waals surface area contributed by atoms with E-state index in [0.29, 0.717) is 5.69 Å². The van der Waals surface area contributed by atoms with Gasteiger partial charge in [-0.25, -0.2) is 0 Å². The summed E-state index contributed by atoms with van der Waals surface area (Å²) in [6.45, 7) is 6.98. The molecule has 0 aliphatic carbocycles. The first-order valence-electron chi connectivity index (χ1n) is 6.38. The standard InChI is InChI=1S/C16H19N3/c1-11-5-12(2)7-15(6-11)18-10-14-8-16(9-17)19(4)13(14)3/h5-8,18H,10H2,1-4H3. The second-order valence-electron chi connectivity index (χ2n) is 5.04. The number of rotatable bonds is 3. The fourth-order valence-electron chi connectivity index (χ4n) is 2.32. The molecule has 0 bridgehead atoms. The largest absolute Gasteiger partial charge is 0.381 e. The lowest BCUT2D eigenvalue weighted by molar-refractivity contribution is 0.856. The summed E-state index contributed by atoms with van der Waals surface area (Å²) in [7, 11) is 1.92. The molecular weight excluding hydrogens is 234 g/mol. The van der Waals surface area contributed by atoms with Crippen molar-refractivity contribution in [3.63, 3.8) is 0 Å². The number of nitrogens with zero attached hydrogens (tertiary/aromatic N) is 2. The summed E-state index contributed by atoms with van der Waals surface area (Å²) in [5.74, 6) is 0. The third-order valence-electron chi connectivity index (χ3n) is 3.46. The molecule has 0 aliphatic rings. The third-order valence-corrected chi connectivity index (χ3v) is 3.46. The van der Waals surface area contributed by atoms with Gasteiger partial charge in [-0.05, 0) is 55.7 Å². The van der Waals surface area contributed by atoms with Crippen LogP contribution in [0.2, 0.25) is 0 Å². The summed E-state index contributed by atoms with van der Waals surface area (Å²) < 4.78 is 1.93. The smallest absolute Gasteiger partial charge is 0.120 e. The van der Waals surface area contributed by atoms with Crippen molar-refractivity contribution in [3.05, 3.63) is 52.3 Å². The van der Waals surface area contributed by atoms with Crippen LogP contribution in [-0.2, 0) is 13.6 Å². The lowest BCUT2D eigenvalue weighted by atomic mass is 10.1. The SMILES string of the molecule is Cc1cc(C)cc(NCc2cc(C#N)n(C)c2C)c1. The van der Waals surface area contributed by atoms with Crippen LogP contribution >= 0.6 is 0 Å². The molecule has 1 N–H and O–H groups in total. The highest BCUT2D eigenvalue weighted by Gasteiger charge is 2.08. The number of benzene rings is 1. The molecule has 0 radical (unpaired) electrons. The zero-order valence-electron chi connectivity index (χ0n) is 11.9. The van der Waals surface area contributed by atoms with E-state index in [1.54, 1.807) is 0 Å². The van der Waals surface area contributed by atoms with Gasteiger partial charge in [-0.3, -0.25) is 0 Å². The average Bonchev–Trinajstić information content (AvgIpc) is 2.62. The lowest BCUT2D eigenvalue weighted by Crippen LogP contribution is -2.02. The first-order chi connectivity index (χ1) is 9.01. The molecule has 2 rings (SSSR count). The molecule has 19 heavy (non-hydrogen) atoms. The quantitative estimate of drug-likeness (QED) is 0.910. The van der Waals surface area contributed by atoms with Gasteiger partial charge in [-0.15, -0.1) is 0 Å². The molecule has 1 aromatic heterocycles. The van der Waals surface area contributed by atoms with Gasteiger partial charge < -0.3 is 9.88 Å². The highest BCUT2D eigenvalue weighted by atomic mass is 15.0. The van der Waals surface area contributed by atoms with Crippen molar-refractivity contribution in [2.24, 2.45) is 7.05 Å². The Bertz CT molecular complexity index is 624. The molecule has 0 saturated heterocycles. The van der Waals surface area contributed by atoms with Gasteiger partial charge in [0.1, 0.15) is 11.8 Å². The Balaban J connectivity index is 2.17. The van der Waals surface area contributed by atoms with Crippen molar-refractivity contribution in [3.8, 4) is 6.07 Å². The molecule has 0 saturated carbocycles. The highest BCUT2D eigenvalue weighted by Crippen LogP contribution is 2.18. The fraction of sp³-hybridized carbons (Fsp3) is 0.312. The Morgan fingerprint density at radius 2 is 1.74 bits per heavy atom. The molecule has 1 aromatic carbocycles. The van der Waals surface area contributed by atoms with Crippen LogP contribution in [0.1, 0.15) is 28.1 Å². The van der Waals surface area contributed by atoms with Crippen LogP contribution in [0.5, 0.6) is 0 Å². The van der Waals surface area contributed by atoms with E-state index in [-0.39, 0.29) is 0 Å². The van der Waals surface area contributed by atoms with Gasteiger partial charge in [0.15, 0.2) is 0 Å². The van der Waals surface area contributed by atoms with Gasteiger partial charge in [0.05, 0.1) is 0 Å². The van der Waals surface area contributed by atoms with E-state index in [1.807, 2.05) is 24.6 Å². The lowest BCUT2D eigenvalue weighted by Gasteiger charge is -2.09. The van der Waals surface area contributed by atoms with Crippen molar-refractivity contribution in [1.82, 2.24) is 4.57 Å². The maximum absolute atomic E-state index is 9.02. The second-order valence-corrected chi connectivity index (χ2v) is 5.04. The first-order valence-corrected chi connectivity index (χ1v) is 6.38. The number of nitrogens with one attached hydrogen (secondary N) is 1. The molecular formula is C16H19N3. The molecule has 0 amide bonds. The van der Waals surface area contributed by atoms with Crippen molar-refractivity contribution >= 4 is 5.69 Å². The van der Waals surface area contributed by atoms with Crippen LogP contribution in [-0.4, -0.2) is 4.57 Å². The minimum atomic E-state index is 0.703. The van der Waals surface area contributed by atoms with E-state index in [1.165, 1.54) is 16.7 Å². The zero-order chi connectivity index (χ0) is 14.0. The molecule has 98 valence electrons. The van der Waals surface area contributed by atoms with Gasteiger partial charge in [-0.1, -0.05) is 6.07 Å². The number of aryl methyl sites for hydroxylation is 2. The Morgan fingerprint density at radius 3 is 2.26 bits per heavy atom. The number of aromatic nitrogens is 1. The molecule has 0 atom stereocenters. The van der Waals surface area contributed by atoms with E-state index >= 15 is 0 Å². The van der Waals surface area contributed by atoms with Gasteiger partial charge in [-0.2, -0.15) is 5.26 Å². The summed E-state index contributed by atoms with van der Waals surface area (Å²) in [6.07, 6.45) is 0. The summed E-state index contributed by atoms with van der Waals surface area (Å²) in [5, 5.41) is 12.4. The fourth-order valence-corrected chi connectivity index (χ4v) is 2.32. The second kappa shape index (κ2) is 5.19. The van der Waals surface area contributed by atoms with E-state index in [9.17, 15) is 0 Å². The molecule has 0 aliphatic heterocycles. The van der Waals surface area contributed by atoms with E-state index in [0.717, 1.165) is 17.9 Å².